The van der Waals surface area contributed by atoms with E-state index in [1.54, 1.807) is 13.8 Å². The number of aromatic nitrogens is 2. The summed E-state index contributed by atoms with van der Waals surface area (Å²) < 4.78 is 26.1. The zero-order chi connectivity index (χ0) is 17.1. The van der Waals surface area contributed by atoms with Crippen LogP contribution in [-0.2, 0) is 11.2 Å². The lowest BCUT2D eigenvalue weighted by atomic mass is 9.88. The third-order valence-electron chi connectivity index (χ3n) is 4.31. The number of carbonyl (C=O) groups excluding carboxylic acids is 1. The topological polar surface area (TPSA) is 67.2 Å². The molecule has 22 heavy (non-hydrogen) atoms. The van der Waals surface area contributed by atoms with Crippen LogP contribution in [0.3, 0.4) is 0 Å². The average Bonchev–Trinajstić information content (AvgIpc) is 2.72. The van der Waals surface area contributed by atoms with E-state index in [-0.39, 0.29) is 30.5 Å². The third kappa shape index (κ3) is 4.25. The lowest BCUT2D eigenvalue weighted by molar-refractivity contribution is -0.122. The van der Waals surface area contributed by atoms with Crippen molar-refractivity contribution >= 4 is 5.91 Å². The minimum Gasteiger partial charge on any atom is -0.388 e. The van der Waals surface area contributed by atoms with Gasteiger partial charge in [0.2, 0.25) is 5.91 Å². The van der Waals surface area contributed by atoms with Gasteiger partial charge in [-0.2, -0.15) is 13.9 Å². The van der Waals surface area contributed by atoms with Crippen LogP contribution in [0.4, 0.5) is 8.78 Å². The largest absolute Gasteiger partial charge is 0.388 e. The Kier molecular flexibility index (Phi) is 6.05. The van der Waals surface area contributed by atoms with Crippen molar-refractivity contribution in [2.24, 2.45) is 5.92 Å². The number of halogens is 2. The smallest absolute Gasteiger partial charge is 0.333 e. The van der Waals surface area contributed by atoms with Crippen LogP contribution in [0.1, 0.15) is 50.7 Å². The van der Waals surface area contributed by atoms with Crippen molar-refractivity contribution < 1.29 is 18.7 Å². The van der Waals surface area contributed by atoms with Gasteiger partial charge < -0.3 is 10.4 Å². The molecule has 0 spiro atoms. The summed E-state index contributed by atoms with van der Waals surface area (Å²) in [6.07, 6.45) is 0.767. The predicted molar refractivity (Wildman–Crippen MR) is 79.7 cm³/mol. The molecule has 0 aliphatic heterocycles. The number of hydrogen-bond acceptors (Lipinski definition) is 3. The van der Waals surface area contributed by atoms with E-state index >= 15 is 0 Å². The van der Waals surface area contributed by atoms with Crippen molar-refractivity contribution in [1.29, 1.82) is 0 Å². The van der Waals surface area contributed by atoms with Gasteiger partial charge in [0.1, 0.15) is 0 Å². The summed E-state index contributed by atoms with van der Waals surface area (Å²) in [6.45, 7) is 6.07. The maximum absolute atomic E-state index is 12.8. The molecule has 2 unspecified atom stereocenters. The number of aliphatic hydroxyl groups is 1. The van der Waals surface area contributed by atoms with Gasteiger partial charge >= 0.3 is 6.55 Å². The zero-order valence-corrected chi connectivity index (χ0v) is 13.8. The molecule has 0 radical (unpaired) electrons. The van der Waals surface area contributed by atoms with Crippen molar-refractivity contribution in [3.05, 3.63) is 17.0 Å². The first kappa shape index (κ1) is 18.5. The molecular formula is C15H25F2N3O2. The van der Waals surface area contributed by atoms with Crippen LogP contribution in [0.25, 0.3) is 0 Å². The highest BCUT2D eigenvalue weighted by Crippen LogP contribution is 2.21. The molecule has 0 aliphatic carbocycles. The molecule has 1 amide bonds. The molecule has 0 saturated carbocycles. The Hall–Kier alpha value is -1.50. The molecule has 0 fully saturated rings. The predicted octanol–water partition coefficient (Wildman–Crippen LogP) is 2.35. The number of carbonyl (C=O) groups is 1. The Morgan fingerprint density at radius 1 is 1.45 bits per heavy atom. The van der Waals surface area contributed by atoms with E-state index < -0.39 is 12.2 Å². The Labute approximate surface area is 129 Å². The maximum Gasteiger partial charge on any atom is 0.333 e. The van der Waals surface area contributed by atoms with Crippen LogP contribution in [-0.4, -0.2) is 32.9 Å². The van der Waals surface area contributed by atoms with Gasteiger partial charge in [-0.3, -0.25) is 4.79 Å². The van der Waals surface area contributed by atoms with Crippen molar-refractivity contribution in [2.75, 3.05) is 6.54 Å². The molecule has 2 atom stereocenters. The fraction of sp³-hybridized carbons (Fsp3) is 0.733. The van der Waals surface area contributed by atoms with Crippen LogP contribution in [0, 0.1) is 19.8 Å². The summed E-state index contributed by atoms with van der Waals surface area (Å²) in [5.74, 6) is -0.276. The second kappa shape index (κ2) is 7.17. The molecular weight excluding hydrogens is 292 g/mol. The number of amides is 1. The van der Waals surface area contributed by atoms with E-state index in [2.05, 4.69) is 10.4 Å². The molecule has 1 heterocycles. The fourth-order valence-electron chi connectivity index (χ4n) is 2.26. The van der Waals surface area contributed by atoms with Crippen LogP contribution in [0.5, 0.6) is 0 Å². The van der Waals surface area contributed by atoms with E-state index in [1.165, 1.54) is 6.92 Å². The van der Waals surface area contributed by atoms with Crippen LogP contribution >= 0.6 is 0 Å². The molecule has 0 bridgehead atoms. The van der Waals surface area contributed by atoms with E-state index in [9.17, 15) is 18.7 Å². The number of nitrogens with one attached hydrogen (secondary N) is 1. The average molecular weight is 317 g/mol. The molecule has 0 saturated heterocycles. The van der Waals surface area contributed by atoms with Gasteiger partial charge in [-0.25, -0.2) is 4.68 Å². The lowest BCUT2D eigenvalue weighted by Gasteiger charge is -2.29. The van der Waals surface area contributed by atoms with Crippen molar-refractivity contribution in [3.8, 4) is 0 Å². The quantitative estimate of drug-likeness (QED) is 0.811. The first-order valence-corrected chi connectivity index (χ1v) is 7.42. The van der Waals surface area contributed by atoms with Crippen LogP contribution in [0.2, 0.25) is 0 Å². The summed E-state index contributed by atoms with van der Waals surface area (Å²) >= 11 is 0. The van der Waals surface area contributed by atoms with Gasteiger partial charge in [-0.1, -0.05) is 20.3 Å². The Balaban J connectivity index is 2.71. The molecule has 126 valence electrons. The molecule has 2 N–H and O–H groups in total. The maximum atomic E-state index is 12.8. The van der Waals surface area contributed by atoms with Gasteiger partial charge in [-0.05, 0) is 26.7 Å². The zero-order valence-electron chi connectivity index (χ0n) is 13.8. The molecule has 1 rings (SSSR count). The third-order valence-corrected chi connectivity index (χ3v) is 4.31. The lowest BCUT2D eigenvalue weighted by Crippen LogP contribution is -2.45. The van der Waals surface area contributed by atoms with Gasteiger partial charge in [0.05, 0.1) is 17.7 Å². The molecule has 0 aliphatic rings. The standard InChI is InChI=1S/C15H25F2N3O2/c1-6-9(2)15(5,22)8-18-13(21)7-12-10(3)19-20(11(12)4)14(16)17/h9,14,22H,6-8H2,1-5H3,(H,18,21). The summed E-state index contributed by atoms with van der Waals surface area (Å²) in [4.78, 5) is 12.0. The first-order chi connectivity index (χ1) is 10.1. The molecule has 0 aromatic carbocycles. The van der Waals surface area contributed by atoms with Gasteiger partial charge in [0.15, 0.2) is 0 Å². The van der Waals surface area contributed by atoms with E-state index in [0.29, 0.717) is 15.9 Å². The summed E-state index contributed by atoms with van der Waals surface area (Å²) in [5, 5.41) is 16.7. The fourth-order valence-corrected chi connectivity index (χ4v) is 2.26. The van der Waals surface area contributed by atoms with Crippen molar-refractivity contribution in [1.82, 2.24) is 15.1 Å². The Morgan fingerprint density at radius 3 is 2.50 bits per heavy atom. The Morgan fingerprint density at radius 2 is 2.05 bits per heavy atom. The van der Waals surface area contributed by atoms with Gasteiger partial charge in [0.25, 0.3) is 0 Å². The van der Waals surface area contributed by atoms with Gasteiger partial charge in [-0.15, -0.1) is 0 Å². The normalized spacial score (nSPS) is 15.7. The number of aryl methyl sites for hydroxylation is 1. The van der Waals surface area contributed by atoms with Gasteiger partial charge in [0, 0.05) is 17.8 Å². The molecule has 5 nitrogen and oxygen atoms in total. The minimum absolute atomic E-state index is 0.0268. The van der Waals surface area contributed by atoms with E-state index in [0.717, 1.165) is 6.42 Å². The minimum atomic E-state index is -2.72. The SMILES string of the molecule is CCC(C)C(C)(O)CNC(=O)Cc1c(C)nn(C(F)F)c1C. The summed E-state index contributed by atoms with van der Waals surface area (Å²) in [7, 11) is 0. The molecule has 7 heteroatoms. The second-order valence-corrected chi connectivity index (χ2v) is 5.99. The Bertz CT molecular complexity index is 527. The van der Waals surface area contributed by atoms with E-state index in [1.807, 2.05) is 13.8 Å². The highest BCUT2D eigenvalue weighted by molar-refractivity contribution is 5.79. The first-order valence-electron chi connectivity index (χ1n) is 7.42. The molecule has 1 aromatic rings. The number of nitrogens with zero attached hydrogens (tertiary/aromatic N) is 2. The highest BCUT2D eigenvalue weighted by atomic mass is 19.3. The highest BCUT2D eigenvalue weighted by Gasteiger charge is 2.28. The van der Waals surface area contributed by atoms with Crippen LogP contribution < -0.4 is 5.32 Å². The van der Waals surface area contributed by atoms with E-state index in [4.69, 9.17) is 0 Å². The second-order valence-electron chi connectivity index (χ2n) is 5.99. The monoisotopic (exact) mass is 317 g/mol. The van der Waals surface area contributed by atoms with Crippen molar-refractivity contribution in [2.45, 2.75) is 59.6 Å². The molecule has 1 aromatic heterocycles. The van der Waals surface area contributed by atoms with Crippen molar-refractivity contribution in [3.63, 3.8) is 0 Å². The number of rotatable bonds is 7. The van der Waals surface area contributed by atoms with Crippen LogP contribution in [0.15, 0.2) is 0 Å². The summed E-state index contributed by atoms with van der Waals surface area (Å²) in [5.41, 5.74) is 0.209. The summed E-state index contributed by atoms with van der Waals surface area (Å²) in [6, 6.07) is 0. The number of alkyl halides is 2. The number of hydrogen-bond donors (Lipinski definition) is 2.